The summed E-state index contributed by atoms with van der Waals surface area (Å²) < 4.78 is 5.06. The second-order valence-corrected chi connectivity index (χ2v) is 3.95. The Balaban J connectivity index is 2.64. The number of carboxylic acids is 1. The normalized spacial score (nSPS) is 10.0. The lowest BCUT2D eigenvalue weighted by Crippen LogP contribution is -2.32. The van der Waals surface area contributed by atoms with Crippen LogP contribution in [0.5, 0.6) is 0 Å². The molecule has 2 amide bonds. The molecule has 0 saturated carbocycles. The molecule has 0 saturated heterocycles. The highest BCUT2D eigenvalue weighted by atomic mass is 35.5. The standard InChI is InChI=1S/C12H15ClN2O4/c1-2-19-7-6-14-12(18)15-9-5-3-4-8(13)10(9)11(16)17/h3-5H,2,6-7H2,1H3,(H,16,17)(H2,14,15,18). The summed E-state index contributed by atoms with van der Waals surface area (Å²) in [5.41, 5.74) is 0.0121. The van der Waals surface area contributed by atoms with Crippen LogP contribution in [0.2, 0.25) is 5.02 Å². The number of benzene rings is 1. The van der Waals surface area contributed by atoms with Crippen molar-refractivity contribution in [2.24, 2.45) is 0 Å². The van der Waals surface area contributed by atoms with E-state index in [-0.39, 0.29) is 16.3 Å². The monoisotopic (exact) mass is 286 g/mol. The zero-order valence-electron chi connectivity index (χ0n) is 10.4. The van der Waals surface area contributed by atoms with E-state index in [1.165, 1.54) is 12.1 Å². The third kappa shape index (κ3) is 4.76. The maximum Gasteiger partial charge on any atom is 0.339 e. The van der Waals surface area contributed by atoms with Crippen LogP contribution in [0.25, 0.3) is 0 Å². The van der Waals surface area contributed by atoms with Gasteiger partial charge in [-0.2, -0.15) is 0 Å². The average Bonchev–Trinajstić information content (AvgIpc) is 2.34. The molecule has 0 unspecified atom stereocenters. The van der Waals surface area contributed by atoms with Crippen LogP contribution in [-0.4, -0.2) is 36.9 Å². The number of carbonyl (C=O) groups is 2. The molecule has 6 nitrogen and oxygen atoms in total. The van der Waals surface area contributed by atoms with Gasteiger partial charge in [0, 0.05) is 13.2 Å². The fraction of sp³-hybridized carbons (Fsp3) is 0.333. The fourth-order valence-electron chi connectivity index (χ4n) is 1.39. The SMILES string of the molecule is CCOCCNC(=O)Nc1cccc(Cl)c1C(=O)O. The Morgan fingerprint density at radius 1 is 1.42 bits per heavy atom. The van der Waals surface area contributed by atoms with E-state index in [4.69, 9.17) is 21.4 Å². The smallest absolute Gasteiger partial charge is 0.339 e. The van der Waals surface area contributed by atoms with Gasteiger partial charge in [-0.05, 0) is 19.1 Å². The second kappa shape index (κ2) is 7.60. The van der Waals surface area contributed by atoms with Gasteiger partial charge in [0.1, 0.15) is 5.56 Å². The van der Waals surface area contributed by atoms with Gasteiger partial charge in [-0.3, -0.25) is 0 Å². The zero-order valence-corrected chi connectivity index (χ0v) is 11.2. The number of carboxylic acid groups (broad SMARTS) is 1. The number of hydrogen-bond donors (Lipinski definition) is 3. The van der Waals surface area contributed by atoms with Gasteiger partial charge in [-0.25, -0.2) is 9.59 Å². The molecule has 1 aromatic carbocycles. The van der Waals surface area contributed by atoms with Crippen LogP contribution in [0.3, 0.4) is 0 Å². The third-order valence-corrected chi connectivity index (χ3v) is 2.53. The number of amides is 2. The van der Waals surface area contributed by atoms with Crippen molar-refractivity contribution in [3.63, 3.8) is 0 Å². The Morgan fingerprint density at radius 2 is 2.16 bits per heavy atom. The van der Waals surface area contributed by atoms with Gasteiger partial charge in [0.2, 0.25) is 0 Å². The summed E-state index contributed by atoms with van der Waals surface area (Å²) in [6.07, 6.45) is 0. The van der Waals surface area contributed by atoms with Gasteiger partial charge >= 0.3 is 12.0 Å². The van der Waals surface area contributed by atoms with Crippen molar-refractivity contribution in [2.45, 2.75) is 6.92 Å². The van der Waals surface area contributed by atoms with Gasteiger partial charge in [-0.15, -0.1) is 0 Å². The number of hydrogen-bond acceptors (Lipinski definition) is 3. The fourth-order valence-corrected chi connectivity index (χ4v) is 1.65. The van der Waals surface area contributed by atoms with Crippen LogP contribution in [-0.2, 0) is 4.74 Å². The highest BCUT2D eigenvalue weighted by molar-refractivity contribution is 6.34. The molecule has 0 spiro atoms. The van der Waals surface area contributed by atoms with E-state index in [0.717, 1.165) is 0 Å². The van der Waals surface area contributed by atoms with E-state index in [1.54, 1.807) is 6.07 Å². The number of anilines is 1. The minimum atomic E-state index is -1.20. The van der Waals surface area contributed by atoms with Crippen LogP contribution < -0.4 is 10.6 Å². The van der Waals surface area contributed by atoms with E-state index in [1.807, 2.05) is 6.92 Å². The summed E-state index contributed by atoms with van der Waals surface area (Å²) in [6.45, 7) is 3.15. The molecule has 0 fully saturated rings. The quantitative estimate of drug-likeness (QED) is 0.700. The first-order chi connectivity index (χ1) is 9.06. The highest BCUT2D eigenvalue weighted by Crippen LogP contribution is 2.24. The molecule has 0 atom stereocenters. The van der Waals surface area contributed by atoms with E-state index >= 15 is 0 Å². The summed E-state index contributed by atoms with van der Waals surface area (Å²) in [4.78, 5) is 22.6. The van der Waals surface area contributed by atoms with Crippen LogP contribution in [0, 0.1) is 0 Å². The topological polar surface area (TPSA) is 87.7 Å². The summed E-state index contributed by atoms with van der Waals surface area (Å²) in [7, 11) is 0. The predicted molar refractivity (Wildman–Crippen MR) is 71.9 cm³/mol. The summed E-state index contributed by atoms with van der Waals surface area (Å²) in [5, 5.41) is 14.1. The maximum absolute atomic E-state index is 11.5. The molecule has 0 radical (unpaired) electrons. The number of ether oxygens (including phenoxy) is 1. The van der Waals surface area contributed by atoms with E-state index in [2.05, 4.69) is 10.6 Å². The van der Waals surface area contributed by atoms with Crippen molar-refractivity contribution in [1.82, 2.24) is 5.32 Å². The molecule has 7 heteroatoms. The number of nitrogens with one attached hydrogen (secondary N) is 2. The molecule has 0 bridgehead atoms. The molecule has 0 aliphatic carbocycles. The summed E-state index contributed by atoms with van der Waals surface area (Å²) in [6, 6.07) is 3.97. The number of aromatic carboxylic acids is 1. The first-order valence-electron chi connectivity index (χ1n) is 5.70. The molecule has 0 aliphatic rings. The number of carbonyl (C=O) groups excluding carboxylic acids is 1. The zero-order chi connectivity index (χ0) is 14.3. The Labute approximate surface area is 115 Å². The van der Waals surface area contributed by atoms with Crippen LogP contribution in [0.4, 0.5) is 10.5 Å². The number of rotatable bonds is 6. The van der Waals surface area contributed by atoms with Gasteiger partial charge in [0.25, 0.3) is 0 Å². The van der Waals surface area contributed by atoms with Crippen molar-refractivity contribution >= 4 is 29.3 Å². The Morgan fingerprint density at radius 3 is 2.79 bits per heavy atom. The van der Waals surface area contributed by atoms with Crippen LogP contribution in [0.1, 0.15) is 17.3 Å². The molecular weight excluding hydrogens is 272 g/mol. The van der Waals surface area contributed by atoms with Crippen molar-refractivity contribution in [3.8, 4) is 0 Å². The van der Waals surface area contributed by atoms with Crippen molar-refractivity contribution in [1.29, 1.82) is 0 Å². The second-order valence-electron chi connectivity index (χ2n) is 3.55. The Kier molecular flexibility index (Phi) is 6.11. The minimum Gasteiger partial charge on any atom is -0.478 e. The van der Waals surface area contributed by atoms with Crippen LogP contribution in [0.15, 0.2) is 18.2 Å². The molecule has 3 N–H and O–H groups in total. The van der Waals surface area contributed by atoms with Gasteiger partial charge in [0.15, 0.2) is 0 Å². The Hall–Kier alpha value is -1.79. The largest absolute Gasteiger partial charge is 0.478 e. The first kappa shape index (κ1) is 15.3. The molecule has 0 aromatic heterocycles. The predicted octanol–water partition coefficient (Wildman–Crippen LogP) is 2.20. The summed E-state index contributed by atoms with van der Waals surface area (Å²) >= 11 is 5.78. The van der Waals surface area contributed by atoms with Crippen molar-refractivity contribution in [2.75, 3.05) is 25.1 Å². The van der Waals surface area contributed by atoms with Crippen LogP contribution >= 0.6 is 11.6 Å². The van der Waals surface area contributed by atoms with Gasteiger partial charge < -0.3 is 20.5 Å². The minimum absolute atomic E-state index is 0.0691. The highest BCUT2D eigenvalue weighted by Gasteiger charge is 2.15. The molecule has 1 rings (SSSR count). The lowest BCUT2D eigenvalue weighted by atomic mass is 10.2. The van der Waals surface area contributed by atoms with Crippen molar-refractivity contribution in [3.05, 3.63) is 28.8 Å². The lowest BCUT2D eigenvalue weighted by Gasteiger charge is -2.10. The molecule has 1 aromatic rings. The average molecular weight is 287 g/mol. The van der Waals surface area contributed by atoms with Gasteiger partial charge in [-0.1, -0.05) is 17.7 Å². The number of halogens is 1. The lowest BCUT2D eigenvalue weighted by molar-refractivity contribution is 0.0698. The van der Waals surface area contributed by atoms with E-state index in [9.17, 15) is 9.59 Å². The van der Waals surface area contributed by atoms with Crippen molar-refractivity contribution < 1.29 is 19.4 Å². The maximum atomic E-state index is 11.5. The summed E-state index contributed by atoms with van der Waals surface area (Å²) in [5.74, 6) is -1.20. The molecule has 0 heterocycles. The molecular formula is C12H15ClN2O4. The molecule has 0 aliphatic heterocycles. The molecule has 104 valence electrons. The van der Waals surface area contributed by atoms with E-state index in [0.29, 0.717) is 19.8 Å². The third-order valence-electron chi connectivity index (χ3n) is 2.21. The number of urea groups is 1. The van der Waals surface area contributed by atoms with Gasteiger partial charge in [0.05, 0.1) is 17.3 Å². The van der Waals surface area contributed by atoms with E-state index < -0.39 is 12.0 Å². The molecule has 19 heavy (non-hydrogen) atoms. The Bertz CT molecular complexity index is 465. The first-order valence-corrected chi connectivity index (χ1v) is 6.08.